The quantitative estimate of drug-likeness (QED) is 0.416. The summed E-state index contributed by atoms with van der Waals surface area (Å²) in [5, 5.41) is 0. The Morgan fingerprint density at radius 2 is 1.60 bits per heavy atom. The molecule has 0 saturated heterocycles. The van der Waals surface area contributed by atoms with Crippen LogP contribution in [-0.4, -0.2) is 25.2 Å². The number of esters is 2. The Labute approximate surface area is 119 Å². The van der Waals surface area contributed by atoms with Crippen LogP contribution in [0, 0.1) is 0 Å². The second-order valence-corrected chi connectivity index (χ2v) is 4.48. The van der Waals surface area contributed by atoms with Crippen LogP contribution in [0.15, 0.2) is 42.5 Å². The van der Waals surface area contributed by atoms with E-state index in [-0.39, 0.29) is 11.9 Å². The van der Waals surface area contributed by atoms with Crippen molar-refractivity contribution in [1.82, 2.24) is 0 Å². The molecule has 0 aliphatic rings. The van der Waals surface area contributed by atoms with Crippen LogP contribution in [-0.2, 0) is 14.3 Å². The number of carbonyl (C=O) groups is 2. The molecule has 0 bridgehead atoms. The first-order valence-corrected chi connectivity index (χ1v) is 6.66. The van der Waals surface area contributed by atoms with E-state index in [2.05, 4.69) is 6.58 Å². The molecule has 1 aromatic carbocycles. The van der Waals surface area contributed by atoms with Gasteiger partial charge >= 0.3 is 11.9 Å². The SMILES string of the molecule is C=C(C)C(=O)OCCCCCOC(=O)c1ccccc1. The van der Waals surface area contributed by atoms with Gasteiger partial charge < -0.3 is 9.47 Å². The summed E-state index contributed by atoms with van der Waals surface area (Å²) in [7, 11) is 0. The zero-order valence-electron chi connectivity index (χ0n) is 11.8. The first kappa shape index (κ1) is 16.0. The zero-order chi connectivity index (χ0) is 14.8. The van der Waals surface area contributed by atoms with Gasteiger partial charge in [0.15, 0.2) is 0 Å². The molecule has 0 saturated carbocycles. The molecule has 0 aliphatic heterocycles. The minimum atomic E-state index is -0.361. The van der Waals surface area contributed by atoms with Gasteiger partial charge in [-0.25, -0.2) is 9.59 Å². The summed E-state index contributed by atoms with van der Waals surface area (Å²) >= 11 is 0. The third-order valence-electron chi connectivity index (χ3n) is 2.61. The highest BCUT2D eigenvalue weighted by atomic mass is 16.5. The van der Waals surface area contributed by atoms with Crippen molar-refractivity contribution >= 4 is 11.9 Å². The molecule has 0 aliphatic carbocycles. The number of carbonyl (C=O) groups excluding carboxylic acids is 2. The van der Waals surface area contributed by atoms with Gasteiger partial charge in [0.1, 0.15) is 0 Å². The minimum Gasteiger partial charge on any atom is -0.462 e. The van der Waals surface area contributed by atoms with Gasteiger partial charge in [0, 0.05) is 5.57 Å². The minimum absolute atomic E-state index is 0.306. The van der Waals surface area contributed by atoms with Crippen LogP contribution < -0.4 is 0 Å². The Morgan fingerprint density at radius 3 is 2.20 bits per heavy atom. The smallest absolute Gasteiger partial charge is 0.338 e. The van der Waals surface area contributed by atoms with Crippen LogP contribution >= 0.6 is 0 Å². The zero-order valence-corrected chi connectivity index (χ0v) is 11.8. The van der Waals surface area contributed by atoms with Gasteiger partial charge in [-0.3, -0.25) is 0 Å². The Balaban J connectivity index is 2.04. The van der Waals surface area contributed by atoms with Crippen LogP contribution in [0.25, 0.3) is 0 Å². The molecule has 0 radical (unpaired) electrons. The lowest BCUT2D eigenvalue weighted by molar-refractivity contribution is -0.139. The molecule has 0 amide bonds. The second kappa shape index (κ2) is 8.91. The van der Waals surface area contributed by atoms with E-state index in [0.717, 1.165) is 19.3 Å². The van der Waals surface area contributed by atoms with Crippen LogP contribution in [0.2, 0.25) is 0 Å². The topological polar surface area (TPSA) is 52.6 Å². The number of ether oxygens (including phenoxy) is 2. The molecule has 0 aromatic heterocycles. The van der Waals surface area contributed by atoms with E-state index < -0.39 is 0 Å². The lowest BCUT2D eigenvalue weighted by Crippen LogP contribution is -2.08. The van der Waals surface area contributed by atoms with Crippen molar-refractivity contribution < 1.29 is 19.1 Å². The van der Waals surface area contributed by atoms with Crippen molar-refractivity contribution in [2.24, 2.45) is 0 Å². The summed E-state index contributed by atoms with van der Waals surface area (Å²) in [6.45, 7) is 5.87. The molecule has 0 heterocycles. The van der Waals surface area contributed by atoms with E-state index in [4.69, 9.17) is 9.47 Å². The van der Waals surface area contributed by atoms with Gasteiger partial charge in [-0.05, 0) is 38.3 Å². The molecular formula is C16H20O4. The Morgan fingerprint density at radius 1 is 1.00 bits per heavy atom. The van der Waals surface area contributed by atoms with Crippen LogP contribution in [0.3, 0.4) is 0 Å². The van der Waals surface area contributed by atoms with E-state index in [1.165, 1.54) is 0 Å². The van der Waals surface area contributed by atoms with Gasteiger partial charge in [0.2, 0.25) is 0 Å². The third kappa shape index (κ3) is 6.18. The standard InChI is InChI=1S/C16H20O4/c1-13(2)15(17)19-11-7-4-8-12-20-16(18)14-9-5-3-6-10-14/h3,5-6,9-10H,1,4,7-8,11-12H2,2H3. The predicted molar refractivity (Wildman–Crippen MR) is 76.3 cm³/mol. The van der Waals surface area contributed by atoms with Gasteiger partial charge in [-0.2, -0.15) is 0 Å². The second-order valence-electron chi connectivity index (χ2n) is 4.48. The molecule has 1 rings (SSSR count). The van der Waals surface area contributed by atoms with E-state index >= 15 is 0 Å². The van der Waals surface area contributed by atoms with E-state index in [1.807, 2.05) is 6.07 Å². The van der Waals surface area contributed by atoms with Crippen molar-refractivity contribution in [3.05, 3.63) is 48.0 Å². The fourth-order valence-electron chi connectivity index (χ4n) is 1.49. The average molecular weight is 276 g/mol. The first-order valence-electron chi connectivity index (χ1n) is 6.66. The molecule has 4 nitrogen and oxygen atoms in total. The third-order valence-corrected chi connectivity index (χ3v) is 2.61. The molecule has 0 N–H and O–H groups in total. The highest BCUT2D eigenvalue weighted by Crippen LogP contribution is 2.03. The molecule has 0 atom stereocenters. The average Bonchev–Trinajstić information content (AvgIpc) is 2.46. The Bertz CT molecular complexity index is 451. The lowest BCUT2D eigenvalue weighted by atomic mass is 10.2. The Kier molecular flexibility index (Phi) is 7.11. The highest BCUT2D eigenvalue weighted by Gasteiger charge is 2.05. The number of hydrogen-bond acceptors (Lipinski definition) is 4. The molecule has 4 heteroatoms. The maximum Gasteiger partial charge on any atom is 0.338 e. The Hall–Kier alpha value is -2.10. The first-order chi connectivity index (χ1) is 9.61. The maximum atomic E-state index is 11.6. The molecule has 20 heavy (non-hydrogen) atoms. The van der Waals surface area contributed by atoms with E-state index in [9.17, 15) is 9.59 Å². The maximum absolute atomic E-state index is 11.6. The van der Waals surface area contributed by atoms with Crippen molar-refractivity contribution in [3.8, 4) is 0 Å². The molecule has 0 unspecified atom stereocenters. The summed E-state index contributed by atoms with van der Waals surface area (Å²) in [4.78, 5) is 22.7. The summed E-state index contributed by atoms with van der Waals surface area (Å²) in [6.07, 6.45) is 2.34. The molecule has 108 valence electrons. The fraction of sp³-hybridized carbons (Fsp3) is 0.375. The van der Waals surface area contributed by atoms with Gasteiger partial charge in [0.25, 0.3) is 0 Å². The number of rotatable bonds is 8. The highest BCUT2D eigenvalue weighted by molar-refractivity contribution is 5.89. The van der Waals surface area contributed by atoms with Crippen LogP contribution in [0.4, 0.5) is 0 Å². The summed E-state index contributed by atoms with van der Waals surface area (Å²) in [5.41, 5.74) is 0.963. The molecule has 0 fully saturated rings. The lowest BCUT2D eigenvalue weighted by Gasteiger charge is -2.05. The van der Waals surface area contributed by atoms with Crippen molar-refractivity contribution in [2.45, 2.75) is 26.2 Å². The monoisotopic (exact) mass is 276 g/mol. The normalized spacial score (nSPS) is 9.85. The van der Waals surface area contributed by atoms with Gasteiger partial charge in [-0.15, -0.1) is 0 Å². The molecule has 0 spiro atoms. The van der Waals surface area contributed by atoms with Crippen LogP contribution in [0.5, 0.6) is 0 Å². The fourth-order valence-corrected chi connectivity index (χ4v) is 1.49. The molecular weight excluding hydrogens is 256 g/mol. The van der Waals surface area contributed by atoms with Crippen LogP contribution in [0.1, 0.15) is 36.5 Å². The van der Waals surface area contributed by atoms with Gasteiger partial charge in [0.05, 0.1) is 18.8 Å². The van der Waals surface area contributed by atoms with Gasteiger partial charge in [-0.1, -0.05) is 24.8 Å². The predicted octanol–water partition coefficient (Wildman–Crippen LogP) is 3.13. The largest absolute Gasteiger partial charge is 0.462 e. The molecule has 1 aromatic rings. The number of unbranched alkanes of at least 4 members (excludes halogenated alkanes) is 2. The number of hydrogen-bond donors (Lipinski definition) is 0. The van der Waals surface area contributed by atoms with E-state index in [1.54, 1.807) is 31.2 Å². The summed E-state index contributed by atoms with van der Waals surface area (Å²) < 4.78 is 10.1. The van der Waals surface area contributed by atoms with Crippen molar-refractivity contribution in [2.75, 3.05) is 13.2 Å². The summed E-state index contributed by atoms with van der Waals surface area (Å²) in [6, 6.07) is 8.89. The number of benzene rings is 1. The van der Waals surface area contributed by atoms with Crippen molar-refractivity contribution in [1.29, 1.82) is 0 Å². The van der Waals surface area contributed by atoms with E-state index in [0.29, 0.717) is 24.4 Å². The summed E-state index contributed by atoms with van der Waals surface area (Å²) in [5.74, 6) is -0.667. The van der Waals surface area contributed by atoms with Crippen molar-refractivity contribution in [3.63, 3.8) is 0 Å².